The number of unbranched alkanes of at least 4 members (excludes halogenated alkanes) is 1. The molecule has 33 heavy (non-hydrogen) atoms. The van der Waals surface area contributed by atoms with Crippen LogP contribution in [0.25, 0.3) is 0 Å². The van der Waals surface area contributed by atoms with Gasteiger partial charge in [0.15, 0.2) is 5.82 Å². The standard InChI is InChI=1S/C25H43N7O/c1-3-16-31(17-4-2)18-6-5-11-26-19-21-7-9-22(10-8-21)32(20-23-27-12-13-28-23)25(33)24-29-14-15-30-24/h12-15,21-22,26H,3-11,16-20H2,1-2H3,(H,27,28)(H,29,30)/t21-,22-. The summed E-state index contributed by atoms with van der Waals surface area (Å²) in [5.41, 5.74) is 0. The van der Waals surface area contributed by atoms with Gasteiger partial charge in [-0.15, -0.1) is 0 Å². The van der Waals surface area contributed by atoms with Crippen LogP contribution >= 0.6 is 0 Å². The second kappa shape index (κ2) is 14.2. The maximum absolute atomic E-state index is 13.1. The summed E-state index contributed by atoms with van der Waals surface area (Å²) in [6.07, 6.45) is 16.2. The van der Waals surface area contributed by atoms with Crippen molar-refractivity contribution in [1.82, 2.24) is 35.1 Å². The Morgan fingerprint density at radius 3 is 2.36 bits per heavy atom. The van der Waals surface area contributed by atoms with E-state index in [9.17, 15) is 4.79 Å². The summed E-state index contributed by atoms with van der Waals surface area (Å²) in [5.74, 6) is 1.87. The average Bonchev–Trinajstić information content (AvgIpc) is 3.55. The van der Waals surface area contributed by atoms with Crippen molar-refractivity contribution in [2.24, 2.45) is 5.92 Å². The summed E-state index contributed by atoms with van der Waals surface area (Å²) in [6.45, 7) is 10.9. The van der Waals surface area contributed by atoms with E-state index in [1.165, 1.54) is 45.3 Å². The fourth-order valence-corrected chi connectivity index (χ4v) is 4.95. The third kappa shape index (κ3) is 8.27. The van der Waals surface area contributed by atoms with Crippen molar-refractivity contribution in [1.29, 1.82) is 0 Å². The van der Waals surface area contributed by atoms with E-state index in [4.69, 9.17) is 0 Å². The summed E-state index contributed by atoms with van der Waals surface area (Å²) in [4.78, 5) is 32.2. The molecule has 1 saturated carbocycles. The van der Waals surface area contributed by atoms with Crippen LogP contribution in [0.3, 0.4) is 0 Å². The number of nitrogens with one attached hydrogen (secondary N) is 3. The van der Waals surface area contributed by atoms with Gasteiger partial charge in [0.05, 0.1) is 6.54 Å². The predicted molar refractivity (Wildman–Crippen MR) is 132 cm³/mol. The Hall–Kier alpha value is -2.19. The van der Waals surface area contributed by atoms with Gasteiger partial charge in [0.2, 0.25) is 0 Å². The first-order valence-corrected chi connectivity index (χ1v) is 12.9. The number of carbonyl (C=O) groups is 1. The molecule has 0 saturated heterocycles. The van der Waals surface area contributed by atoms with E-state index in [0.29, 0.717) is 18.3 Å². The molecule has 0 spiro atoms. The molecule has 0 aliphatic heterocycles. The Morgan fingerprint density at radius 2 is 1.73 bits per heavy atom. The fraction of sp³-hybridized carbons (Fsp3) is 0.720. The monoisotopic (exact) mass is 457 g/mol. The number of hydrogen-bond donors (Lipinski definition) is 3. The lowest BCUT2D eigenvalue weighted by Gasteiger charge is -2.36. The summed E-state index contributed by atoms with van der Waals surface area (Å²) in [7, 11) is 0. The van der Waals surface area contributed by atoms with Crippen LogP contribution in [0.4, 0.5) is 0 Å². The molecule has 2 aromatic rings. The molecule has 0 aromatic carbocycles. The van der Waals surface area contributed by atoms with Gasteiger partial charge in [0.1, 0.15) is 5.82 Å². The van der Waals surface area contributed by atoms with Crippen molar-refractivity contribution in [3.8, 4) is 0 Å². The Balaban J connectivity index is 1.38. The van der Waals surface area contributed by atoms with Crippen LogP contribution in [-0.4, -0.2) is 74.4 Å². The molecule has 184 valence electrons. The molecule has 0 unspecified atom stereocenters. The number of aromatic nitrogens is 4. The molecule has 1 fully saturated rings. The lowest BCUT2D eigenvalue weighted by atomic mass is 9.85. The Kier molecular flexibility index (Phi) is 10.9. The minimum atomic E-state index is -0.0434. The minimum absolute atomic E-state index is 0.0434. The molecule has 1 aliphatic rings. The minimum Gasteiger partial charge on any atom is -0.347 e. The van der Waals surface area contributed by atoms with Gasteiger partial charge < -0.3 is 25.1 Å². The number of H-pyrrole nitrogens is 2. The number of imidazole rings is 2. The molecule has 0 bridgehead atoms. The van der Waals surface area contributed by atoms with Gasteiger partial charge in [-0.05, 0) is 90.0 Å². The zero-order valence-corrected chi connectivity index (χ0v) is 20.6. The largest absolute Gasteiger partial charge is 0.347 e. The first kappa shape index (κ1) is 25.4. The highest BCUT2D eigenvalue weighted by Crippen LogP contribution is 2.28. The zero-order valence-electron chi connectivity index (χ0n) is 20.6. The molecule has 2 heterocycles. The SMILES string of the molecule is CCCN(CCC)CCCCNC[C@H]1CC[C@H](N(Cc2ncc[nH]2)C(=O)c2ncc[nH]2)CC1. The second-order valence-electron chi connectivity index (χ2n) is 9.33. The van der Waals surface area contributed by atoms with Gasteiger partial charge in [-0.25, -0.2) is 9.97 Å². The highest BCUT2D eigenvalue weighted by molar-refractivity contribution is 5.90. The van der Waals surface area contributed by atoms with E-state index < -0.39 is 0 Å². The maximum atomic E-state index is 13.1. The molecule has 1 amide bonds. The van der Waals surface area contributed by atoms with Crippen LogP contribution in [-0.2, 0) is 6.54 Å². The van der Waals surface area contributed by atoms with Crippen LogP contribution in [0.1, 0.15) is 81.7 Å². The summed E-state index contributed by atoms with van der Waals surface area (Å²) in [5, 5.41) is 3.69. The highest BCUT2D eigenvalue weighted by atomic mass is 16.2. The number of amides is 1. The molecule has 0 atom stereocenters. The molecule has 0 radical (unpaired) electrons. The summed E-state index contributed by atoms with van der Waals surface area (Å²) in [6, 6.07) is 0.229. The average molecular weight is 458 g/mol. The molecule has 3 N–H and O–H groups in total. The van der Waals surface area contributed by atoms with Crippen LogP contribution in [0.2, 0.25) is 0 Å². The van der Waals surface area contributed by atoms with Crippen molar-refractivity contribution in [2.75, 3.05) is 32.7 Å². The zero-order chi connectivity index (χ0) is 23.3. The van der Waals surface area contributed by atoms with Crippen LogP contribution in [0.5, 0.6) is 0 Å². The van der Waals surface area contributed by atoms with Crippen LogP contribution < -0.4 is 5.32 Å². The van der Waals surface area contributed by atoms with Gasteiger partial charge in [-0.2, -0.15) is 0 Å². The van der Waals surface area contributed by atoms with Gasteiger partial charge in [-0.1, -0.05) is 13.8 Å². The van der Waals surface area contributed by atoms with Gasteiger partial charge in [0.25, 0.3) is 5.91 Å². The quantitative estimate of drug-likeness (QED) is 0.354. The van der Waals surface area contributed by atoms with Crippen LogP contribution in [0, 0.1) is 5.92 Å². The van der Waals surface area contributed by atoms with E-state index in [-0.39, 0.29) is 11.9 Å². The topological polar surface area (TPSA) is 92.9 Å². The van der Waals surface area contributed by atoms with E-state index in [2.05, 4.69) is 44.0 Å². The third-order valence-electron chi connectivity index (χ3n) is 6.68. The first-order chi connectivity index (χ1) is 16.2. The maximum Gasteiger partial charge on any atom is 0.290 e. The molecule has 3 rings (SSSR count). The molecule has 2 aromatic heterocycles. The number of carbonyl (C=O) groups excluding carboxylic acids is 1. The molecular weight excluding hydrogens is 414 g/mol. The predicted octanol–water partition coefficient (Wildman–Crippen LogP) is 3.83. The number of hydrogen-bond acceptors (Lipinski definition) is 5. The van der Waals surface area contributed by atoms with E-state index >= 15 is 0 Å². The van der Waals surface area contributed by atoms with Gasteiger partial charge in [-0.3, -0.25) is 4.79 Å². The second-order valence-corrected chi connectivity index (χ2v) is 9.33. The third-order valence-corrected chi connectivity index (χ3v) is 6.68. The van der Waals surface area contributed by atoms with Crippen LogP contribution in [0.15, 0.2) is 24.8 Å². The van der Waals surface area contributed by atoms with Gasteiger partial charge >= 0.3 is 0 Å². The van der Waals surface area contributed by atoms with E-state index in [0.717, 1.165) is 44.6 Å². The smallest absolute Gasteiger partial charge is 0.290 e. The molecule has 1 aliphatic carbocycles. The lowest BCUT2D eigenvalue weighted by molar-refractivity contribution is 0.0570. The number of rotatable bonds is 15. The first-order valence-electron chi connectivity index (χ1n) is 12.9. The summed E-state index contributed by atoms with van der Waals surface area (Å²) < 4.78 is 0. The molecular formula is C25H43N7O. The van der Waals surface area contributed by atoms with Gasteiger partial charge in [0, 0.05) is 30.8 Å². The Morgan fingerprint density at radius 1 is 1.00 bits per heavy atom. The normalized spacial score (nSPS) is 18.6. The Labute approximate surface area is 199 Å². The van der Waals surface area contributed by atoms with Crippen molar-refractivity contribution >= 4 is 5.91 Å². The van der Waals surface area contributed by atoms with Crippen molar-refractivity contribution in [2.45, 2.75) is 77.8 Å². The van der Waals surface area contributed by atoms with Crippen molar-refractivity contribution < 1.29 is 4.79 Å². The summed E-state index contributed by atoms with van der Waals surface area (Å²) >= 11 is 0. The molecule has 8 nitrogen and oxygen atoms in total. The highest BCUT2D eigenvalue weighted by Gasteiger charge is 2.30. The van der Waals surface area contributed by atoms with E-state index in [1.54, 1.807) is 24.8 Å². The number of nitrogens with zero attached hydrogens (tertiary/aromatic N) is 4. The van der Waals surface area contributed by atoms with Crippen molar-refractivity contribution in [3.63, 3.8) is 0 Å². The number of aromatic amines is 2. The van der Waals surface area contributed by atoms with Crippen molar-refractivity contribution in [3.05, 3.63) is 36.4 Å². The van der Waals surface area contributed by atoms with E-state index in [1.807, 2.05) is 4.90 Å². The lowest BCUT2D eigenvalue weighted by Crippen LogP contribution is -2.43. The molecule has 8 heteroatoms. The Bertz CT molecular complexity index is 748. The fourth-order valence-electron chi connectivity index (χ4n) is 4.95.